The van der Waals surface area contributed by atoms with Crippen molar-refractivity contribution >= 4 is 11.9 Å². The Bertz CT molecular complexity index is 611. The Morgan fingerprint density at radius 1 is 1.37 bits per heavy atom. The second-order valence-corrected chi connectivity index (χ2v) is 4.23. The third kappa shape index (κ3) is 1.91. The molecule has 0 aliphatic carbocycles. The molecular weight excluding hydrogens is 256 g/mol. The zero-order valence-electron chi connectivity index (χ0n) is 9.91. The number of nitrogens with one attached hydrogen (secondary N) is 1. The van der Waals surface area contributed by atoms with E-state index in [4.69, 9.17) is 5.26 Å². The number of urea groups is 1. The fraction of sp³-hybridized carbons (Fsp3) is 0.250. The predicted octanol–water partition coefficient (Wildman–Crippen LogP) is 1.26. The summed E-state index contributed by atoms with van der Waals surface area (Å²) in [6.45, 7) is 0.973. The number of halogens is 2. The average molecular weight is 265 g/mol. The van der Waals surface area contributed by atoms with E-state index in [0.717, 1.165) is 17.0 Å². The molecule has 98 valence electrons. The first-order valence-corrected chi connectivity index (χ1v) is 5.36. The van der Waals surface area contributed by atoms with E-state index in [1.807, 2.05) is 0 Å². The summed E-state index contributed by atoms with van der Waals surface area (Å²) in [7, 11) is 0. The second-order valence-electron chi connectivity index (χ2n) is 4.23. The summed E-state index contributed by atoms with van der Waals surface area (Å²) in [5, 5.41) is 10.9. The Labute approximate surface area is 107 Å². The molecule has 5 nitrogen and oxygen atoms in total. The molecule has 1 saturated heterocycles. The largest absolute Gasteiger partial charge is 0.326 e. The van der Waals surface area contributed by atoms with Crippen molar-refractivity contribution in [1.82, 2.24) is 10.2 Å². The predicted molar refractivity (Wildman–Crippen MR) is 59.6 cm³/mol. The number of nitriles is 1. The summed E-state index contributed by atoms with van der Waals surface area (Å²) in [6, 6.07) is 3.90. The zero-order chi connectivity index (χ0) is 14.2. The van der Waals surface area contributed by atoms with Crippen molar-refractivity contribution < 1.29 is 18.4 Å². The highest BCUT2D eigenvalue weighted by atomic mass is 19.2. The molecule has 0 aromatic heterocycles. The highest BCUT2D eigenvalue weighted by molar-refractivity contribution is 6.07. The molecule has 1 aliphatic rings. The molecule has 0 saturated carbocycles. The molecule has 2 rings (SSSR count). The van der Waals surface area contributed by atoms with Crippen molar-refractivity contribution in [1.29, 1.82) is 5.26 Å². The molecule has 7 heteroatoms. The molecule has 1 unspecified atom stereocenters. The number of hydrogen-bond donors (Lipinski definition) is 1. The third-order valence-electron chi connectivity index (χ3n) is 3.00. The average Bonchev–Trinajstić information content (AvgIpc) is 2.58. The van der Waals surface area contributed by atoms with Crippen LogP contribution in [-0.4, -0.2) is 23.4 Å². The normalized spacial score (nSPS) is 22.3. The SMILES string of the molecule is CC1(c2ccc(F)c(F)c2)NC(=O)N(CC#N)C1=O. The van der Waals surface area contributed by atoms with E-state index < -0.39 is 35.7 Å². The van der Waals surface area contributed by atoms with Crippen LogP contribution in [0.25, 0.3) is 0 Å². The summed E-state index contributed by atoms with van der Waals surface area (Å²) in [6.07, 6.45) is 0. The molecule has 1 N–H and O–H groups in total. The minimum absolute atomic E-state index is 0.116. The highest BCUT2D eigenvalue weighted by Gasteiger charge is 2.49. The van der Waals surface area contributed by atoms with Crippen molar-refractivity contribution in [3.63, 3.8) is 0 Å². The molecule has 1 aliphatic heterocycles. The maximum atomic E-state index is 13.2. The van der Waals surface area contributed by atoms with Crippen molar-refractivity contribution in [2.45, 2.75) is 12.5 Å². The molecular formula is C12H9F2N3O2. The van der Waals surface area contributed by atoms with Gasteiger partial charge in [-0.05, 0) is 24.6 Å². The number of benzene rings is 1. The molecule has 0 bridgehead atoms. The van der Waals surface area contributed by atoms with Crippen molar-refractivity contribution in [3.05, 3.63) is 35.4 Å². The minimum Gasteiger partial charge on any atom is -0.319 e. The van der Waals surface area contributed by atoms with Crippen LogP contribution in [0.15, 0.2) is 18.2 Å². The molecule has 1 aromatic carbocycles. The Hall–Kier alpha value is -2.49. The molecule has 1 heterocycles. The van der Waals surface area contributed by atoms with Crippen LogP contribution in [0.2, 0.25) is 0 Å². The van der Waals surface area contributed by atoms with Gasteiger partial charge in [-0.1, -0.05) is 6.07 Å². The molecule has 1 atom stereocenters. The fourth-order valence-electron chi connectivity index (χ4n) is 1.91. The monoisotopic (exact) mass is 265 g/mol. The van der Waals surface area contributed by atoms with E-state index in [0.29, 0.717) is 0 Å². The fourth-order valence-corrected chi connectivity index (χ4v) is 1.91. The van der Waals surface area contributed by atoms with Gasteiger partial charge in [0.2, 0.25) is 0 Å². The number of carbonyl (C=O) groups is 2. The highest BCUT2D eigenvalue weighted by Crippen LogP contribution is 2.29. The smallest absolute Gasteiger partial charge is 0.319 e. The number of amides is 3. The Morgan fingerprint density at radius 2 is 2.05 bits per heavy atom. The molecule has 0 radical (unpaired) electrons. The van der Waals surface area contributed by atoms with Crippen LogP contribution in [0, 0.1) is 23.0 Å². The summed E-state index contributed by atoms with van der Waals surface area (Å²) in [4.78, 5) is 24.4. The van der Waals surface area contributed by atoms with Gasteiger partial charge in [0.1, 0.15) is 12.1 Å². The van der Waals surface area contributed by atoms with Crippen molar-refractivity contribution in [2.24, 2.45) is 0 Å². The molecule has 0 spiro atoms. The van der Waals surface area contributed by atoms with Crippen LogP contribution >= 0.6 is 0 Å². The van der Waals surface area contributed by atoms with Gasteiger partial charge in [0.05, 0.1) is 6.07 Å². The Morgan fingerprint density at radius 3 is 2.63 bits per heavy atom. The first-order valence-electron chi connectivity index (χ1n) is 5.36. The van der Waals surface area contributed by atoms with Gasteiger partial charge in [-0.15, -0.1) is 0 Å². The molecule has 1 aromatic rings. The van der Waals surface area contributed by atoms with Crippen molar-refractivity contribution in [2.75, 3.05) is 6.54 Å². The van der Waals surface area contributed by atoms with Gasteiger partial charge in [-0.3, -0.25) is 4.79 Å². The Balaban J connectivity index is 2.44. The van der Waals surface area contributed by atoms with Crippen LogP contribution in [0.3, 0.4) is 0 Å². The molecule has 3 amide bonds. The van der Waals surface area contributed by atoms with Gasteiger partial charge >= 0.3 is 6.03 Å². The lowest BCUT2D eigenvalue weighted by atomic mass is 9.92. The lowest BCUT2D eigenvalue weighted by Gasteiger charge is -2.21. The van der Waals surface area contributed by atoms with E-state index in [1.54, 1.807) is 6.07 Å². The second kappa shape index (κ2) is 4.31. The van der Waals surface area contributed by atoms with Gasteiger partial charge in [-0.2, -0.15) is 5.26 Å². The zero-order valence-corrected chi connectivity index (χ0v) is 9.91. The maximum Gasteiger partial charge on any atom is 0.326 e. The van der Waals surface area contributed by atoms with Gasteiger partial charge in [-0.25, -0.2) is 18.5 Å². The number of carbonyl (C=O) groups excluding carboxylic acids is 2. The van der Waals surface area contributed by atoms with E-state index >= 15 is 0 Å². The minimum atomic E-state index is -1.50. The number of imide groups is 1. The third-order valence-corrected chi connectivity index (χ3v) is 3.00. The first-order chi connectivity index (χ1) is 8.90. The summed E-state index contributed by atoms with van der Waals surface area (Å²) >= 11 is 0. The Kier molecular flexibility index (Phi) is 2.94. The van der Waals surface area contributed by atoms with Crippen LogP contribution in [0.4, 0.5) is 13.6 Å². The van der Waals surface area contributed by atoms with E-state index in [2.05, 4.69) is 5.32 Å². The van der Waals surface area contributed by atoms with Crippen molar-refractivity contribution in [3.8, 4) is 6.07 Å². The standard InChI is InChI=1S/C12H9F2N3O2/c1-12(7-2-3-8(13)9(14)6-7)10(18)17(5-4-15)11(19)16-12/h2-3,6H,5H2,1H3,(H,16,19). The van der Waals surface area contributed by atoms with E-state index in [-0.39, 0.29) is 5.56 Å². The van der Waals surface area contributed by atoms with Crippen LogP contribution in [-0.2, 0) is 10.3 Å². The quantitative estimate of drug-likeness (QED) is 0.646. The van der Waals surface area contributed by atoms with Gasteiger partial charge in [0, 0.05) is 0 Å². The topological polar surface area (TPSA) is 73.2 Å². The van der Waals surface area contributed by atoms with E-state index in [9.17, 15) is 18.4 Å². The summed E-state index contributed by atoms with van der Waals surface area (Å²) < 4.78 is 26.1. The molecule has 19 heavy (non-hydrogen) atoms. The van der Waals surface area contributed by atoms with Crippen LogP contribution in [0.5, 0.6) is 0 Å². The summed E-state index contributed by atoms with van der Waals surface area (Å²) in [5.74, 6) is -2.83. The lowest BCUT2D eigenvalue weighted by molar-refractivity contribution is -0.130. The number of rotatable bonds is 2. The summed E-state index contributed by atoms with van der Waals surface area (Å²) in [5.41, 5.74) is -1.38. The van der Waals surface area contributed by atoms with Gasteiger partial charge < -0.3 is 5.32 Å². The van der Waals surface area contributed by atoms with Crippen LogP contribution < -0.4 is 5.32 Å². The van der Waals surface area contributed by atoms with Gasteiger partial charge in [0.25, 0.3) is 5.91 Å². The number of hydrogen-bond acceptors (Lipinski definition) is 3. The van der Waals surface area contributed by atoms with E-state index in [1.165, 1.54) is 13.0 Å². The maximum absolute atomic E-state index is 13.2. The molecule has 1 fully saturated rings. The number of nitrogens with zero attached hydrogens (tertiary/aromatic N) is 2. The van der Waals surface area contributed by atoms with Crippen LogP contribution in [0.1, 0.15) is 12.5 Å². The lowest BCUT2D eigenvalue weighted by Crippen LogP contribution is -2.41. The van der Waals surface area contributed by atoms with Gasteiger partial charge in [0.15, 0.2) is 11.6 Å². The first kappa shape index (κ1) is 13.0.